The molecule has 3 heterocycles. The first-order chi connectivity index (χ1) is 14.3. The number of imidazole rings is 1. The molecule has 30 heavy (non-hydrogen) atoms. The van der Waals surface area contributed by atoms with Crippen molar-refractivity contribution >= 4 is 10.9 Å². The lowest BCUT2D eigenvalue weighted by molar-refractivity contribution is -0.633. The molecular weight excluding hydrogens is 366 g/mol. The summed E-state index contributed by atoms with van der Waals surface area (Å²) in [6, 6.07) is 13.7. The lowest BCUT2D eigenvalue weighted by Crippen LogP contribution is -2.32. The molecule has 0 bridgehead atoms. The van der Waals surface area contributed by atoms with Crippen molar-refractivity contribution in [1.82, 2.24) is 9.55 Å². The maximum absolute atomic E-state index is 4.73. The number of aryl methyl sites for hydroxylation is 2. The van der Waals surface area contributed by atoms with Gasteiger partial charge in [-0.05, 0) is 67.5 Å². The molecule has 3 nitrogen and oxygen atoms in total. The predicted octanol–water partition coefficient (Wildman–Crippen LogP) is 5.54. The zero-order valence-electron chi connectivity index (χ0n) is 18.9. The molecule has 2 aromatic heterocycles. The fourth-order valence-electron chi connectivity index (χ4n) is 5.07. The third-order valence-electron chi connectivity index (χ3n) is 6.71. The van der Waals surface area contributed by atoms with Gasteiger partial charge in [-0.2, -0.15) is 4.57 Å². The first kappa shape index (κ1) is 19.0. The molecule has 5 rings (SSSR count). The minimum Gasteiger partial charge on any atom is -0.303 e. The van der Waals surface area contributed by atoms with Gasteiger partial charge in [-0.3, -0.25) is 0 Å². The van der Waals surface area contributed by atoms with Crippen LogP contribution in [0.2, 0.25) is 0 Å². The van der Waals surface area contributed by atoms with Crippen LogP contribution in [0.15, 0.2) is 42.6 Å². The summed E-state index contributed by atoms with van der Waals surface area (Å²) in [7, 11) is 2.20. The van der Waals surface area contributed by atoms with Crippen LogP contribution in [0.25, 0.3) is 27.8 Å². The van der Waals surface area contributed by atoms with Crippen LogP contribution < -0.4 is 4.57 Å². The largest absolute Gasteiger partial charge is 0.303 e. The van der Waals surface area contributed by atoms with Crippen LogP contribution in [0.3, 0.4) is 0 Å². The van der Waals surface area contributed by atoms with Crippen LogP contribution in [0.4, 0.5) is 0 Å². The molecule has 3 heteroatoms. The van der Waals surface area contributed by atoms with Gasteiger partial charge < -0.3 is 4.57 Å². The number of fused-ring (bicyclic) bond motifs is 4. The van der Waals surface area contributed by atoms with Crippen molar-refractivity contribution in [2.75, 3.05) is 0 Å². The highest BCUT2D eigenvalue weighted by atomic mass is 15.1. The Morgan fingerprint density at radius 1 is 1.07 bits per heavy atom. The van der Waals surface area contributed by atoms with Gasteiger partial charge in [0.1, 0.15) is 12.9 Å². The average molecular weight is 397 g/mol. The molecule has 4 aromatic rings. The van der Waals surface area contributed by atoms with E-state index in [1.54, 1.807) is 0 Å². The molecule has 0 fully saturated rings. The Labute approximate surface area is 179 Å². The summed E-state index contributed by atoms with van der Waals surface area (Å²) in [5, 5.41) is 1.36. The minimum atomic E-state index is 0.648. The molecule has 0 radical (unpaired) electrons. The summed E-state index contributed by atoms with van der Waals surface area (Å²) in [5.41, 5.74) is 11.8. The molecule has 0 saturated carbocycles. The van der Waals surface area contributed by atoms with Crippen LogP contribution in [-0.4, -0.2) is 9.55 Å². The number of benzene rings is 2. The van der Waals surface area contributed by atoms with E-state index in [9.17, 15) is 0 Å². The van der Waals surface area contributed by atoms with Crippen molar-refractivity contribution in [2.24, 2.45) is 13.0 Å². The van der Waals surface area contributed by atoms with Crippen LogP contribution in [0, 0.1) is 26.7 Å². The van der Waals surface area contributed by atoms with Gasteiger partial charge in [0.2, 0.25) is 11.2 Å². The molecule has 1 aliphatic rings. The zero-order chi connectivity index (χ0) is 21.2. The quantitative estimate of drug-likeness (QED) is 0.367. The van der Waals surface area contributed by atoms with Crippen molar-refractivity contribution in [3.63, 3.8) is 0 Å². The van der Waals surface area contributed by atoms with E-state index in [1.807, 2.05) is 0 Å². The van der Waals surface area contributed by atoms with Crippen molar-refractivity contribution in [1.29, 1.82) is 0 Å². The molecule has 0 saturated heterocycles. The summed E-state index contributed by atoms with van der Waals surface area (Å²) < 4.78 is 4.64. The third kappa shape index (κ3) is 2.79. The van der Waals surface area contributed by atoms with Gasteiger partial charge in [0.25, 0.3) is 0 Å². The number of pyridine rings is 1. The molecule has 0 aliphatic carbocycles. The van der Waals surface area contributed by atoms with Crippen molar-refractivity contribution < 1.29 is 4.57 Å². The summed E-state index contributed by atoms with van der Waals surface area (Å²) in [6.07, 6.45) is 4.20. The topological polar surface area (TPSA) is 21.7 Å². The van der Waals surface area contributed by atoms with E-state index in [4.69, 9.17) is 4.98 Å². The third-order valence-corrected chi connectivity index (χ3v) is 6.71. The Bertz CT molecular complexity index is 1310. The molecule has 0 amide bonds. The SMILES string of the molecule is Cc1cn2c(n1)Cc1c-2cc(-c2ccc3c(CC(C)C)cccc3[n+]2C)c(C)c1C. The summed E-state index contributed by atoms with van der Waals surface area (Å²) in [4.78, 5) is 4.73. The van der Waals surface area contributed by atoms with E-state index in [2.05, 4.69) is 93.4 Å². The number of rotatable bonds is 3. The van der Waals surface area contributed by atoms with Crippen molar-refractivity contribution in [2.45, 2.75) is 47.5 Å². The second kappa shape index (κ2) is 6.80. The Hall–Kier alpha value is -2.94. The fraction of sp³-hybridized carbons (Fsp3) is 0.333. The van der Waals surface area contributed by atoms with Gasteiger partial charge in [0, 0.05) is 30.1 Å². The minimum absolute atomic E-state index is 0.648. The van der Waals surface area contributed by atoms with Gasteiger partial charge in [-0.25, -0.2) is 4.98 Å². The van der Waals surface area contributed by atoms with Crippen LogP contribution in [0.1, 0.15) is 47.6 Å². The van der Waals surface area contributed by atoms with Crippen LogP contribution in [-0.2, 0) is 19.9 Å². The van der Waals surface area contributed by atoms with Gasteiger partial charge in [-0.1, -0.05) is 26.0 Å². The first-order valence-corrected chi connectivity index (χ1v) is 10.9. The average Bonchev–Trinajstić information content (AvgIpc) is 3.22. The smallest absolute Gasteiger partial charge is 0.213 e. The van der Waals surface area contributed by atoms with E-state index in [0.717, 1.165) is 24.4 Å². The van der Waals surface area contributed by atoms with Gasteiger partial charge in [-0.15, -0.1) is 0 Å². The molecule has 0 unspecified atom stereocenters. The fourth-order valence-corrected chi connectivity index (χ4v) is 5.07. The Morgan fingerprint density at radius 2 is 1.87 bits per heavy atom. The zero-order valence-corrected chi connectivity index (χ0v) is 18.9. The standard InChI is InChI=1S/C27H30N3/c1-16(2)12-20-8-7-9-24-21(20)10-11-25(29(24)6)22-13-26-23(19(5)18(22)4)14-27-28-17(3)15-30(26)27/h7-11,13,15-16H,12,14H2,1-6H3/q+1. The van der Waals surface area contributed by atoms with Crippen molar-refractivity contribution in [3.05, 3.63) is 76.4 Å². The number of aromatic nitrogens is 3. The van der Waals surface area contributed by atoms with E-state index in [1.165, 1.54) is 50.1 Å². The summed E-state index contributed by atoms with van der Waals surface area (Å²) >= 11 is 0. The highest BCUT2D eigenvalue weighted by Gasteiger charge is 2.27. The first-order valence-electron chi connectivity index (χ1n) is 10.9. The molecule has 152 valence electrons. The van der Waals surface area contributed by atoms with Gasteiger partial charge >= 0.3 is 0 Å². The highest BCUT2D eigenvalue weighted by molar-refractivity contribution is 5.82. The maximum atomic E-state index is 4.73. The van der Waals surface area contributed by atoms with Crippen LogP contribution in [0.5, 0.6) is 0 Å². The van der Waals surface area contributed by atoms with Crippen molar-refractivity contribution in [3.8, 4) is 16.9 Å². The Morgan fingerprint density at radius 3 is 2.63 bits per heavy atom. The maximum Gasteiger partial charge on any atom is 0.213 e. The second-order valence-electron chi connectivity index (χ2n) is 9.24. The molecule has 1 aliphatic heterocycles. The number of hydrogen-bond acceptors (Lipinski definition) is 1. The molecule has 0 spiro atoms. The lowest BCUT2D eigenvalue weighted by atomic mass is 9.92. The molecule has 0 N–H and O–H groups in total. The molecular formula is C27H30N3+. The monoisotopic (exact) mass is 396 g/mol. The summed E-state index contributed by atoms with van der Waals surface area (Å²) in [6.45, 7) is 11.2. The Kier molecular flexibility index (Phi) is 4.32. The molecule has 0 atom stereocenters. The number of nitrogens with zero attached hydrogens (tertiary/aromatic N) is 3. The normalized spacial score (nSPS) is 12.6. The van der Waals surface area contributed by atoms with Crippen LogP contribution >= 0.6 is 0 Å². The number of hydrogen-bond donors (Lipinski definition) is 0. The van der Waals surface area contributed by atoms with Gasteiger partial charge in [0.05, 0.1) is 16.9 Å². The predicted molar refractivity (Wildman–Crippen MR) is 123 cm³/mol. The van der Waals surface area contributed by atoms with Gasteiger partial charge in [0.15, 0.2) is 0 Å². The van der Waals surface area contributed by atoms with E-state index in [-0.39, 0.29) is 0 Å². The molecule has 2 aromatic carbocycles. The van der Waals surface area contributed by atoms with E-state index < -0.39 is 0 Å². The highest BCUT2D eigenvalue weighted by Crippen LogP contribution is 2.37. The van der Waals surface area contributed by atoms with E-state index >= 15 is 0 Å². The summed E-state index contributed by atoms with van der Waals surface area (Å²) in [5.74, 6) is 1.80. The van der Waals surface area contributed by atoms with E-state index in [0.29, 0.717) is 5.92 Å². The lowest BCUT2D eigenvalue weighted by Gasteiger charge is -2.15. The Balaban J connectivity index is 1.72. The second-order valence-corrected chi connectivity index (χ2v) is 9.24.